The van der Waals surface area contributed by atoms with Crippen LogP contribution >= 0.6 is 23.2 Å². The van der Waals surface area contributed by atoms with E-state index in [0.717, 1.165) is 11.1 Å². The minimum atomic E-state index is -1.01. The number of urea groups is 1. The summed E-state index contributed by atoms with van der Waals surface area (Å²) in [6.45, 7) is 0.383. The zero-order valence-corrected chi connectivity index (χ0v) is 25.4. The number of amides is 5. The third-order valence-corrected chi connectivity index (χ3v) is 8.06. The van der Waals surface area contributed by atoms with Crippen LogP contribution < -0.4 is 21.7 Å². The first-order valence-electron chi connectivity index (χ1n) is 14.2. The molecule has 230 valence electrons. The Balaban J connectivity index is 1.51. The van der Waals surface area contributed by atoms with Crippen molar-refractivity contribution in [2.24, 2.45) is 5.73 Å². The molecule has 0 fully saturated rings. The molecule has 0 spiro atoms. The van der Waals surface area contributed by atoms with E-state index in [-0.39, 0.29) is 55.5 Å². The van der Waals surface area contributed by atoms with Gasteiger partial charge in [-0.05, 0) is 42.2 Å². The smallest absolute Gasteiger partial charge is 0.312 e. The first-order chi connectivity index (χ1) is 21.1. The molecule has 0 unspecified atom stereocenters. The average Bonchev–Trinajstić information content (AvgIpc) is 3.02. The van der Waals surface area contributed by atoms with Crippen LogP contribution in [0.4, 0.5) is 10.5 Å². The number of anilines is 1. The number of fused-ring (bicyclic) bond motifs is 1. The van der Waals surface area contributed by atoms with Gasteiger partial charge in [0.2, 0.25) is 17.7 Å². The van der Waals surface area contributed by atoms with Crippen LogP contribution in [-0.2, 0) is 27.3 Å². The van der Waals surface area contributed by atoms with Crippen LogP contribution in [0.1, 0.15) is 47.2 Å². The van der Waals surface area contributed by atoms with Gasteiger partial charge in [-0.25, -0.2) is 4.79 Å². The van der Waals surface area contributed by atoms with Crippen LogP contribution in [0.3, 0.4) is 0 Å². The lowest BCUT2D eigenvalue weighted by Gasteiger charge is -2.37. The topological polar surface area (TPSA) is 151 Å². The molecule has 0 aliphatic carbocycles. The highest BCUT2D eigenvalue weighted by molar-refractivity contribution is 6.42. The number of ketones is 1. The van der Waals surface area contributed by atoms with Gasteiger partial charge in [0.15, 0.2) is 5.78 Å². The molecule has 1 aliphatic heterocycles. The van der Waals surface area contributed by atoms with Gasteiger partial charge in [0, 0.05) is 43.6 Å². The fourth-order valence-corrected chi connectivity index (χ4v) is 5.31. The van der Waals surface area contributed by atoms with Gasteiger partial charge >= 0.3 is 6.03 Å². The highest BCUT2D eigenvalue weighted by Crippen LogP contribution is 2.26. The number of nitrogens with one attached hydrogen (secondary N) is 3. The summed E-state index contributed by atoms with van der Waals surface area (Å²) < 4.78 is 0. The average molecular weight is 639 g/mol. The zero-order chi connectivity index (χ0) is 31.6. The molecule has 2 atom stereocenters. The predicted molar refractivity (Wildman–Crippen MR) is 168 cm³/mol. The number of benzene rings is 3. The molecule has 4 rings (SSSR count). The predicted octanol–water partition coefficient (Wildman–Crippen LogP) is 4.48. The lowest BCUT2D eigenvalue weighted by Crippen LogP contribution is -2.56. The second kappa shape index (κ2) is 15.4. The van der Waals surface area contributed by atoms with E-state index in [4.69, 9.17) is 28.9 Å². The van der Waals surface area contributed by atoms with Crippen LogP contribution in [0.5, 0.6) is 0 Å². The van der Waals surface area contributed by atoms with Gasteiger partial charge in [0.1, 0.15) is 12.1 Å². The van der Waals surface area contributed by atoms with Crippen LogP contribution in [0.2, 0.25) is 10.0 Å². The molecular formula is C32H33Cl2N5O5. The summed E-state index contributed by atoms with van der Waals surface area (Å²) in [5, 5.41) is 8.59. The van der Waals surface area contributed by atoms with Gasteiger partial charge in [-0.3, -0.25) is 19.2 Å². The molecule has 5 N–H and O–H groups in total. The Bertz CT molecular complexity index is 1530. The van der Waals surface area contributed by atoms with Crippen molar-refractivity contribution in [2.75, 3.05) is 11.9 Å². The Kier molecular flexibility index (Phi) is 11.3. The van der Waals surface area contributed by atoms with Gasteiger partial charge < -0.3 is 26.6 Å². The monoisotopic (exact) mass is 637 g/mol. The summed E-state index contributed by atoms with van der Waals surface area (Å²) in [7, 11) is 0. The molecule has 0 bridgehead atoms. The summed E-state index contributed by atoms with van der Waals surface area (Å²) in [4.78, 5) is 65.9. The number of halogens is 2. The van der Waals surface area contributed by atoms with Crippen molar-refractivity contribution in [3.05, 3.63) is 99.5 Å². The summed E-state index contributed by atoms with van der Waals surface area (Å²) >= 11 is 12.1. The molecule has 0 saturated heterocycles. The highest BCUT2D eigenvalue weighted by atomic mass is 35.5. The second-order valence-corrected chi connectivity index (χ2v) is 11.2. The largest absolute Gasteiger partial charge is 0.352 e. The van der Waals surface area contributed by atoms with Crippen molar-refractivity contribution in [1.82, 2.24) is 15.5 Å². The number of nitrogens with zero attached hydrogens (tertiary/aromatic N) is 1. The molecule has 0 radical (unpaired) electrons. The first-order valence-corrected chi connectivity index (χ1v) is 14.9. The van der Waals surface area contributed by atoms with E-state index in [2.05, 4.69) is 16.0 Å². The highest BCUT2D eigenvalue weighted by Gasteiger charge is 2.36. The molecule has 44 heavy (non-hydrogen) atoms. The molecule has 5 amide bonds. The van der Waals surface area contributed by atoms with Gasteiger partial charge in [-0.1, -0.05) is 77.8 Å². The molecule has 0 aromatic heterocycles. The van der Waals surface area contributed by atoms with Crippen LogP contribution in [-0.4, -0.2) is 53.1 Å². The Morgan fingerprint density at radius 3 is 2.30 bits per heavy atom. The maximum atomic E-state index is 13.8. The fraction of sp³-hybridized carbons (Fsp3) is 0.281. The zero-order valence-electron chi connectivity index (χ0n) is 23.9. The van der Waals surface area contributed by atoms with Crippen LogP contribution in [0.25, 0.3) is 0 Å². The molecule has 1 heterocycles. The van der Waals surface area contributed by atoms with Crippen LogP contribution in [0.15, 0.2) is 72.8 Å². The fourth-order valence-electron chi connectivity index (χ4n) is 5.01. The van der Waals surface area contributed by atoms with Gasteiger partial charge in [0.05, 0.1) is 10.0 Å². The lowest BCUT2D eigenvalue weighted by atomic mass is 9.92. The van der Waals surface area contributed by atoms with Crippen molar-refractivity contribution in [1.29, 1.82) is 0 Å². The quantitative estimate of drug-likeness (QED) is 0.170. The van der Waals surface area contributed by atoms with Crippen molar-refractivity contribution in [3.8, 4) is 0 Å². The number of rotatable bonds is 12. The minimum absolute atomic E-state index is 0.00310. The minimum Gasteiger partial charge on any atom is -0.352 e. The number of nitrogens with two attached hydrogens (primary N) is 1. The number of primary amides is 1. The Labute approximate surface area is 265 Å². The van der Waals surface area contributed by atoms with Crippen LogP contribution in [0, 0.1) is 0 Å². The lowest BCUT2D eigenvalue weighted by molar-refractivity contribution is -0.142. The molecule has 10 nitrogen and oxygen atoms in total. The Morgan fingerprint density at radius 2 is 1.59 bits per heavy atom. The normalized spacial score (nSPS) is 14.6. The van der Waals surface area contributed by atoms with E-state index in [1.807, 2.05) is 30.3 Å². The molecule has 3 aromatic carbocycles. The number of Topliss-reactive ketones (excluding diaryl/α,β-unsaturated/α-hetero) is 1. The number of carbonyl (C=O) groups excluding carboxylic acids is 5. The van der Waals surface area contributed by atoms with E-state index >= 15 is 0 Å². The van der Waals surface area contributed by atoms with Crippen molar-refractivity contribution >= 4 is 58.4 Å². The second-order valence-electron chi connectivity index (χ2n) is 10.4. The van der Waals surface area contributed by atoms with E-state index in [0.29, 0.717) is 22.7 Å². The van der Waals surface area contributed by atoms with Crippen molar-refractivity contribution < 1.29 is 24.0 Å². The standard InChI is InChI=1S/C32H33Cl2N5O5/c33-24-13-12-23(18-25(24)34)37-30(42)26(11-6-16-36-32(35)44)38-31(43)27-17-21-9-4-5-10-22(21)19-39(27)29(41)15-14-28(40)20-7-2-1-3-8-20/h1-5,7-10,12-13,18,26-27H,6,11,14-17,19H2,(H,37,42)(H,38,43)(H3,35,36,44)/t26-,27-/m0/s1. The number of hydrogen-bond donors (Lipinski definition) is 4. The van der Waals surface area contributed by atoms with Gasteiger partial charge in [-0.15, -0.1) is 0 Å². The Hall–Kier alpha value is -4.41. The third-order valence-electron chi connectivity index (χ3n) is 7.32. The Morgan fingerprint density at radius 1 is 0.886 bits per heavy atom. The van der Waals surface area contributed by atoms with E-state index in [9.17, 15) is 24.0 Å². The number of carbonyl (C=O) groups is 5. The SMILES string of the molecule is NC(=O)NCCC[C@H](NC(=O)[C@@H]1Cc2ccccc2CN1C(=O)CCC(=O)c1ccccc1)C(=O)Nc1ccc(Cl)c(Cl)c1. The summed E-state index contributed by atoms with van der Waals surface area (Å²) in [6, 6.07) is 18.2. The maximum Gasteiger partial charge on any atom is 0.312 e. The van der Waals surface area contributed by atoms with Gasteiger partial charge in [0.25, 0.3) is 0 Å². The maximum absolute atomic E-state index is 13.8. The van der Waals surface area contributed by atoms with E-state index < -0.39 is 29.9 Å². The third kappa shape index (κ3) is 8.81. The molecule has 1 aliphatic rings. The summed E-state index contributed by atoms with van der Waals surface area (Å²) in [5.74, 6) is -1.54. The summed E-state index contributed by atoms with van der Waals surface area (Å²) in [6.07, 6.45) is 0.670. The van der Waals surface area contributed by atoms with Crippen molar-refractivity contribution in [2.45, 2.75) is 50.7 Å². The van der Waals surface area contributed by atoms with E-state index in [1.165, 1.54) is 17.0 Å². The molecule has 0 saturated carbocycles. The molecule has 12 heteroatoms. The first kappa shape index (κ1) is 32.5. The molecular weight excluding hydrogens is 605 g/mol. The van der Waals surface area contributed by atoms with Gasteiger partial charge in [-0.2, -0.15) is 0 Å². The number of hydrogen-bond acceptors (Lipinski definition) is 5. The van der Waals surface area contributed by atoms with Crippen molar-refractivity contribution in [3.63, 3.8) is 0 Å². The summed E-state index contributed by atoms with van der Waals surface area (Å²) in [5.41, 5.74) is 7.87. The molecule has 3 aromatic rings. The van der Waals surface area contributed by atoms with E-state index in [1.54, 1.807) is 30.3 Å².